The highest BCUT2D eigenvalue weighted by Crippen LogP contribution is 2.38. The molecule has 1 aromatic carbocycles. The lowest BCUT2D eigenvalue weighted by Gasteiger charge is -2.30. The van der Waals surface area contributed by atoms with E-state index in [0.29, 0.717) is 5.92 Å². The van der Waals surface area contributed by atoms with Gasteiger partial charge in [-0.1, -0.05) is 25.3 Å². The highest BCUT2D eigenvalue weighted by Gasteiger charge is 2.25. The Labute approximate surface area is 111 Å². The molecule has 0 radical (unpaired) electrons. The fourth-order valence-corrected chi connectivity index (χ4v) is 3.26. The quantitative estimate of drug-likeness (QED) is 0.879. The van der Waals surface area contributed by atoms with Crippen molar-refractivity contribution in [2.75, 3.05) is 7.11 Å². The second kappa shape index (κ2) is 5.75. The SMILES string of the molecule is COc1cc(C)cc(C)c1C(N)C1CCCCC1. The summed E-state index contributed by atoms with van der Waals surface area (Å²) < 4.78 is 5.54. The van der Waals surface area contributed by atoms with E-state index in [2.05, 4.69) is 26.0 Å². The number of rotatable bonds is 3. The fraction of sp³-hybridized carbons (Fsp3) is 0.625. The molecule has 1 aliphatic carbocycles. The summed E-state index contributed by atoms with van der Waals surface area (Å²) in [6.07, 6.45) is 6.54. The van der Waals surface area contributed by atoms with Crippen molar-refractivity contribution < 1.29 is 4.74 Å². The van der Waals surface area contributed by atoms with E-state index in [1.807, 2.05) is 0 Å². The summed E-state index contributed by atoms with van der Waals surface area (Å²) in [5.41, 5.74) is 10.2. The third kappa shape index (κ3) is 2.69. The molecule has 1 fully saturated rings. The van der Waals surface area contributed by atoms with Crippen LogP contribution in [0.2, 0.25) is 0 Å². The second-order valence-corrected chi connectivity index (χ2v) is 5.62. The smallest absolute Gasteiger partial charge is 0.124 e. The van der Waals surface area contributed by atoms with Crippen molar-refractivity contribution in [3.05, 3.63) is 28.8 Å². The Hall–Kier alpha value is -1.02. The molecular formula is C16H25NO. The van der Waals surface area contributed by atoms with Gasteiger partial charge in [0.25, 0.3) is 0 Å². The molecule has 0 saturated heterocycles. The molecule has 1 aromatic rings. The second-order valence-electron chi connectivity index (χ2n) is 5.62. The van der Waals surface area contributed by atoms with Crippen LogP contribution in [0.25, 0.3) is 0 Å². The molecule has 18 heavy (non-hydrogen) atoms. The summed E-state index contributed by atoms with van der Waals surface area (Å²) in [6.45, 7) is 4.25. The molecule has 2 nitrogen and oxygen atoms in total. The van der Waals surface area contributed by atoms with Crippen molar-refractivity contribution >= 4 is 0 Å². The minimum absolute atomic E-state index is 0.126. The van der Waals surface area contributed by atoms with Gasteiger partial charge in [0.05, 0.1) is 7.11 Å². The van der Waals surface area contributed by atoms with Crippen LogP contribution in [0.4, 0.5) is 0 Å². The van der Waals surface area contributed by atoms with Crippen LogP contribution in [0.3, 0.4) is 0 Å². The van der Waals surface area contributed by atoms with E-state index >= 15 is 0 Å². The standard InChI is InChI=1S/C16H25NO/c1-11-9-12(2)15(14(10-11)18-3)16(17)13-7-5-4-6-8-13/h9-10,13,16H,4-8,17H2,1-3H3. The summed E-state index contributed by atoms with van der Waals surface area (Å²) in [7, 11) is 1.74. The molecule has 2 N–H and O–H groups in total. The zero-order valence-corrected chi connectivity index (χ0v) is 11.8. The van der Waals surface area contributed by atoms with Crippen molar-refractivity contribution in [3.8, 4) is 5.75 Å². The number of methoxy groups -OCH3 is 1. The van der Waals surface area contributed by atoms with Gasteiger partial charge in [0.15, 0.2) is 0 Å². The van der Waals surface area contributed by atoms with Crippen molar-refractivity contribution in [2.45, 2.75) is 52.0 Å². The lowest BCUT2D eigenvalue weighted by atomic mass is 9.80. The zero-order chi connectivity index (χ0) is 13.1. The number of benzene rings is 1. The normalized spacial score (nSPS) is 18.7. The van der Waals surface area contributed by atoms with Crippen LogP contribution in [0.15, 0.2) is 12.1 Å². The average molecular weight is 247 g/mol. The highest BCUT2D eigenvalue weighted by atomic mass is 16.5. The van der Waals surface area contributed by atoms with E-state index in [-0.39, 0.29) is 6.04 Å². The van der Waals surface area contributed by atoms with Gasteiger partial charge < -0.3 is 10.5 Å². The van der Waals surface area contributed by atoms with E-state index in [4.69, 9.17) is 10.5 Å². The summed E-state index contributed by atoms with van der Waals surface area (Å²) in [5, 5.41) is 0. The summed E-state index contributed by atoms with van der Waals surface area (Å²) >= 11 is 0. The predicted octanol–water partition coefficient (Wildman–Crippen LogP) is 3.89. The van der Waals surface area contributed by atoms with Crippen molar-refractivity contribution in [3.63, 3.8) is 0 Å². The average Bonchev–Trinajstić information content (AvgIpc) is 2.38. The first-order chi connectivity index (χ1) is 8.63. The Kier molecular flexibility index (Phi) is 4.28. The van der Waals surface area contributed by atoms with Gasteiger partial charge in [-0.25, -0.2) is 0 Å². The fourth-order valence-electron chi connectivity index (χ4n) is 3.26. The minimum atomic E-state index is 0.126. The number of hydrogen-bond donors (Lipinski definition) is 1. The van der Waals surface area contributed by atoms with Crippen LogP contribution in [-0.4, -0.2) is 7.11 Å². The van der Waals surface area contributed by atoms with Crippen LogP contribution < -0.4 is 10.5 Å². The van der Waals surface area contributed by atoms with E-state index in [1.165, 1.54) is 48.8 Å². The lowest BCUT2D eigenvalue weighted by Crippen LogP contribution is -2.25. The van der Waals surface area contributed by atoms with E-state index < -0.39 is 0 Å². The molecule has 1 unspecified atom stereocenters. The van der Waals surface area contributed by atoms with Crippen molar-refractivity contribution in [1.82, 2.24) is 0 Å². The Morgan fingerprint density at radius 3 is 2.44 bits per heavy atom. The first-order valence-electron chi connectivity index (χ1n) is 7.04. The molecule has 1 aliphatic rings. The largest absolute Gasteiger partial charge is 0.496 e. The first-order valence-corrected chi connectivity index (χ1v) is 7.04. The molecule has 0 aliphatic heterocycles. The Morgan fingerprint density at radius 1 is 1.17 bits per heavy atom. The first kappa shape index (κ1) is 13.4. The third-order valence-electron chi connectivity index (χ3n) is 4.20. The lowest BCUT2D eigenvalue weighted by molar-refractivity contribution is 0.300. The molecule has 100 valence electrons. The number of hydrogen-bond acceptors (Lipinski definition) is 2. The highest BCUT2D eigenvalue weighted by molar-refractivity contribution is 5.45. The van der Waals surface area contributed by atoms with Gasteiger partial charge in [-0.05, 0) is 49.8 Å². The van der Waals surface area contributed by atoms with Crippen molar-refractivity contribution in [1.29, 1.82) is 0 Å². The topological polar surface area (TPSA) is 35.2 Å². The maximum atomic E-state index is 6.52. The maximum Gasteiger partial charge on any atom is 0.124 e. The molecule has 0 amide bonds. The van der Waals surface area contributed by atoms with Gasteiger partial charge >= 0.3 is 0 Å². The van der Waals surface area contributed by atoms with Crippen LogP contribution in [0.1, 0.15) is 54.8 Å². The Morgan fingerprint density at radius 2 is 1.83 bits per heavy atom. The monoisotopic (exact) mass is 247 g/mol. The van der Waals surface area contributed by atoms with Gasteiger partial charge in [0, 0.05) is 11.6 Å². The number of ether oxygens (including phenoxy) is 1. The molecule has 2 rings (SSSR count). The number of nitrogens with two attached hydrogens (primary N) is 1. The summed E-state index contributed by atoms with van der Waals surface area (Å²) in [4.78, 5) is 0. The molecular weight excluding hydrogens is 222 g/mol. The summed E-state index contributed by atoms with van der Waals surface area (Å²) in [5.74, 6) is 1.58. The number of aryl methyl sites for hydroxylation is 2. The Balaban J connectivity index is 2.30. The predicted molar refractivity (Wildman–Crippen MR) is 76.0 cm³/mol. The van der Waals surface area contributed by atoms with Crippen molar-refractivity contribution in [2.24, 2.45) is 11.7 Å². The van der Waals surface area contributed by atoms with Crippen LogP contribution in [-0.2, 0) is 0 Å². The summed E-state index contributed by atoms with van der Waals surface area (Å²) in [6, 6.07) is 4.44. The molecule has 1 saturated carbocycles. The van der Waals surface area contributed by atoms with Gasteiger partial charge in [-0.2, -0.15) is 0 Å². The van der Waals surface area contributed by atoms with E-state index in [9.17, 15) is 0 Å². The van der Waals surface area contributed by atoms with Gasteiger partial charge in [-0.3, -0.25) is 0 Å². The molecule has 2 heteroatoms. The van der Waals surface area contributed by atoms with E-state index in [1.54, 1.807) is 7.11 Å². The zero-order valence-electron chi connectivity index (χ0n) is 11.8. The minimum Gasteiger partial charge on any atom is -0.496 e. The maximum absolute atomic E-state index is 6.52. The van der Waals surface area contributed by atoms with Crippen LogP contribution in [0, 0.1) is 19.8 Å². The molecule has 0 spiro atoms. The van der Waals surface area contributed by atoms with E-state index in [0.717, 1.165) is 5.75 Å². The van der Waals surface area contributed by atoms with Gasteiger partial charge in [0.2, 0.25) is 0 Å². The Bertz CT molecular complexity index is 408. The van der Waals surface area contributed by atoms with Crippen LogP contribution in [0.5, 0.6) is 5.75 Å². The molecule has 0 bridgehead atoms. The molecule has 1 atom stereocenters. The molecule has 0 aromatic heterocycles. The molecule has 0 heterocycles. The van der Waals surface area contributed by atoms with Gasteiger partial charge in [-0.15, -0.1) is 0 Å². The van der Waals surface area contributed by atoms with Gasteiger partial charge in [0.1, 0.15) is 5.75 Å². The van der Waals surface area contributed by atoms with Crippen LogP contribution >= 0.6 is 0 Å². The third-order valence-corrected chi connectivity index (χ3v) is 4.20.